The van der Waals surface area contributed by atoms with Gasteiger partial charge in [-0.15, -0.1) is 0 Å². The van der Waals surface area contributed by atoms with Crippen LogP contribution in [-0.2, 0) is 4.74 Å². The highest BCUT2D eigenvalue weighted by Gasteiger charge is 2.09. The molecule has 19 heavy (non-hydrogen) atoms. The van der Waals surface area contributed by atoms with Gasteiger partial charge in [-0.25, -0.2) is 0 Å². The molecule has 0 radical (unpaired) electrons. The Balaban J connectivity index is 2.75. The zero-order valence-electron chi connectivity index (χ0n) is 12.6. The third kappa shape index (κ3) is 5.92. The van der Waals surface area contributed by atoms with Gasteiger partial charge in [-0.3, -0.25) is 4.98 Å². The largest absolute Gasteiger partial charge is 0.384 e. The fourth-order valence-corrected chi connectivity index (χ4v) is 1.93. The lowest BCUT2D eigenvalue weighted by Crippen LogP contribution is -2.31. The number of anilines is 2. The van der Waals surface area contributed by atoms with Gasteiger partial charge in [0, 0.05) is 26.7 Å². The van der Waals surface area contributed by atoms with Crippen LogP contribution in [0.2, 0.25) is 0 Å². The van der Waals surface area contributed by atoms with E-state index in [1.165, 1.54) is 0 Å². The van der Waals surface area contributed by atoms with Crippen molar-refractivity contribution in [2.45, 2.75) is 27.2 Å². The molecule has 1 aromatic heterocycles. The molecule has 0 aliphatic carbocycles. The predicted octanol–water partition coefficient (Wildman–Crippen LogP) is 3.01. The summed E-state index contributed by atoms with van der Waals surface area (Å²) in [4.78, 5) is 6.66. The van der Waals surface area contributed by atoms with E-state index in [1.54, 1.807) is 7.11 Å². The Morgan fingerprint density at radius 2 is 2.16 bits per heavy atom. The molecule has 0 fully saturated rings. The minimum absolute atomic E-state index is 0.615. The topological polar surface area (TPSA) is 37.4 Å². The van der Waals surface area contributed by atoms with E-state index in [0.717, 1.165) is 44.0 Å². The summed E-state index contributed by atoms with van der Waals surface area (Å²) < 4.78 is 5.19. The Morgan fingerprint density at radius 1 is 1.37 bits per heavy atom. The number of pyridine rings is 1. The molecule has 1 rings (SSSR count). The number of methoxy groups -OCH3 is 1. The molecule has 1 heterocycles. The molecule has 0 aliphatic rings. The first kappa shape index (κ1) is 15.8. The van der Waals surface area contributed by atoms with Crippen molar-refractivity contribution in [3.63, 3.8) is 0 Å². The monoisotopic (exact) mass is 265 g/mol. The van der Waals surface area contributed by atoms with Crippen molar-refractivity contribution >= 4 is 11.4 Å². The molecule has 0 spiro atoms. The quantitative estimate of drug-likeness (QED) is 0.745. The van der Waals surface area contributed by atoms with Gasteiger partial charge in [0.2, 0.25) is 0 Å². The third-order valence-electron chi connectivity index (χ3n) is 2.82. The lowest BCUT2D eigenvalue weighted by molar-refractivity contribution is 0.204. The average molecular weight is 265 g/mol. The van der Waals surface area contributed by atoms with Crippen LogP contribution in [0.4, 0.5) is 11.4 Å². The SMILES string of the molecule is CCCNc1cncc(N(CCOC)CC(C)C)c1. The fourth-order valence-electron chi connectivity index (χ4n) is 1.93. The first-order valence-corrected chi connectivity index (χ1v) is 7.10. The Hall–Kier alpha value is -1.29. The molecule has 4 heteroatoms. The standard InChI is InChI=1S/C15H27N3O/c1-5-6-17-14-9-15(11-16-10-14)18(7-8-19-4)12-13(2)3/h9-11,13,17H,5-8,12H2,1-4H3. The molecule has 108 valence electrons. The summed E-state index contributed by atoms with van der Waals surface area (Å²) in [5.74, 6) is 0.615. The summed E-state index contributed by atoms with van der Waals surface area (Å²) in [6.45, 7) is 10.2. The summed E-state index contributed by atoms with van der Waals surface area (Å²) in [5.41, 5.74) is 2.25. The van der Waals surface area contributed by atoms with Gasteiger partial charge in [0.05, 0.1) is 30.4 Å². The summed E-state index contributed by atoms with van der Waals surface area (Å²) >= 11 is 0. The number of hydrogen-bond acceptors (Lipinski definition) is 4. The number of nitrogens with zero attached hydrogens (tertiary/aromatic N) is 2. The zero-order valence-corrected chi connectivity index (χ0v) is 12.6. The highest BCUT2D eigenvalue weighted by atomic mass is 16.5. The van der Waals surface area contributed by atoms with E-state index in [-0.39, 0.29) is 0 Å². The Labute approximate surface area is 117 Å². The van der Waals surface area contributed by atoms with Gasteiger partial charge in [0.25, 0.3) is 0 Å². The van der Waals surface area contributed by atoms with Gasteiger partial charge in [-0.2, -0.15) is 0 Å². The molecule has 1 N–H and O–H groups in total. The van der Waals surface area contributed by atoms with E-state index in [2.05, 4.69) is 42.0 Å². The van der Waals surface area contributed by atoms with Gasteiger partial charge in [0.1, 0.15) is 0 Å². The molecule has 0 unspecified atom stereocenters. The number of nitrogens with one attached hydrogen (secondary N) is 1. The Bertz CT molecular complexity index is 355. The average Bonchev–Trinajstić information content (AvgIpc) is 2.41. The van der Waals surface area contributed by atoms with E-state index in [0.29, 0.717) is 5.92 Å². The Kier molecular flexibility index (Phi) is 7.26. The van der Waals surface area contributed by atoms with Gasteiger partial charge in [0.15, 0.2) is 0 Å². The zero-order chi connectivity index (χ0) is 14.1. The molecule has 0 amide bonds. The van der Waals surface area contributed by atoms with Crippen LogP contribution in [0.3, 0.4) is 0 Å². The van der Waals surface area contributed by atoms with E-state index >= 15 is 0 Å². The second kappa shape index (κ2) is 8.75. The highest BCUT2D eigenvalue weighted by Crippen LogP contribution is 2.19. The van der Waals surface area contributed by atoms with Crippen molar-refractivity contribution in [3.05, 3.63) is 18.5 Å². The number of hydrogen-bond donors (Lipinski definition) is 1. The maximum atomic E-state index is 5.19. The lowest BCUT2D eigenvalue weighted by atomic mass is 10.2. The van der Waals surface area contributed by atoms with Crippen LogP contribution in [0.5, 0.6) is 0 Å². The van der Waals surface area contributed by atoms with Crippen molar-refractivity contribution in [3.8, 4) is 0 Å². The maximum Gasteiger partial charge on any atom is 0.0637 e. The number of rotatable bonds is 9. The molecular weight excluding hydrogens is 238 g/mol. The van der Waals surface area contributed by atoms with Crippen LogP contribution in [0.1, 0.15) is 27.2 Å². The van der Waals surface area contributed by atoms with E-state index in [1.807, 2.05) is 12.4 Å². The van der Waals surface area contributed by atoms with Crippen molar-refractivity contribution in [2.75, 3.05) is 43.6 Å². The Morgan fingerprint density at radius 3 is 2.79 bits per heavy atom. The summed E-state index contributed by atoms with van der Waals surface area (Å²) in [6.07, 6.45) is 4.92. The maximum absolute atomic E-state index is 5.19. The number of aromatic nitrogens is 1. The van der Waals surface area contributed by atoms with Crippen LogP contribution >= 0.6 is 0 Å². The molecule has 0 aliphatic heterocycles. The molecule has 0 atom stereocenters. The van der Waals surface area contributed by atoms with Crippen molar-refractivity contribution in [1.29, 1.82) is 0 Å². The second-order valence-corrected chi connectivity index (χ2v) is 5.19. The van der Waals surface area contributed by atoms with Crippen molar-refractivity contribution < 1.29 is 4.74 Å². The van der Waals surface area contributed by atoms with Crippen LogP contribution in [0, 0.1) is 5.92 Å². The minimum Gasteiger partial charge on any atom is -0.384 e. The van der Waals surface area contributed by atoms with Gasteiger partial charge < -0.3 is 15.0 Å². The smallest absolute Gasteiger partial charge is 0.0637 e. The lowest BCUT2D eigenvalue weighted by Gasteiger charge is -2.26. The molecule has 0 saturated carbocycles. The van der Waals surface area contributed by atoms with Crippen LogP contribution in [-0.4, -0.2) is 38.3 Å². The van der Waals surface area contributed by atoms with E-state index < -0.39 is 0 Å². The first-order valence-electron chi connectivity index (χ1n) is 7.10. The third-order valence-corrected chi connectivity index (χ3v) is 2.82. The van der Waals surface area contributed by atoms with Gasteiger partial charge in [-0.05, 0) is 18.4 Å². The first-order chi connectivity index (χ1) is 9.17. The summed E-state index contributed by atoms with van der Waals surface area (Å²) in [5, 5.41) is 3.38. The molecular formula is C15H27N3O. The van der Waals surface area contributed by atoms with Crippen molar-refractivity contribution in [1.82, 2.24) is 4.98 Å². The molecule has 4 nitrogen and oxygen atoms in total. The van der Waals surface area contributed by atoms with E-state index in [4.69, 9.17) is 4.74 Å². The van der Waals surface area contributed by atoms with Crippen molar-refractivity contribution in [2.24, 2.45) is 5.92 Å². The summed E-state index contributed by atoms with van der Waals surface area (Å²) in [7, 11) is 1.74. The molecule has 0 saturated heterocycles. The van der Waals surface area contributed by atoms with Gasteiger partial charge >= 0.3 is 0 Å². The van der Waals surface area contributed by atoms with Crippen LogP contribution in [0.15, 0.2) is 18.5 Å². The fraction of sp³-hybridized carbons (Fsp3) is 0.667. The normalized spacial score (nSPS) is 10.8. The highest BCUT2D eigenvalue weighted by molar-refractivity contribution is 5.55. The molecule has 0 aromatic carbocycles. The van der Waals surface area contributed by atoms with E-state index in [9.17, 15) is 0 Å². The van der Waals surface area contributed by atoms with Gasteiger partial charge in [-0.1, -0.05) is 20.8 Å². The van der Waals surface area contributed by atoms with Crippen LogP contribution < -0.4 is 10.2 Å². The van der Waals surface area contributed by atoms with Crippen LogP contribution in [0.25, 0.3) is 0 Å². The number of ether oxygens (including phenoxy) is 1. The predicted molar refractivity (Wildman–Crippen MR) is 81.9 cm³/mol. The summed E-state index contributed by atoms with van der Waals surface area (Å²) in [6, 6.07) is 2.17. The minimum atomic E-state index is 0.615. The molecule has 0 bridgehead atoms. The second-order valence-electron chi connectivity index (χ2n) is 5.19. The molecule has 1 aromatic rings.